The highest BCUT2D eigenvalue weighted by molar-refractivity contribution is 5.69. The van der Waals surface area contributed by atoms with Gasteiger partial charge < -0.3 is 9.84 Å². The average molecular weight is 335 g/mol. The third kappa shape index (κ3) is 10.5. The first-order chi connectivity index (χ1) is 11.7. The summed E-state index contributed by atoms with van der Waals surface area (Å²) in [6.45, 7) is 2.17. The van der Waals surface area contributed by atoms with E-state index in [4.69, 9.17) is 0 Å². The average Bonchev–Trinajstić information content (AvgIpc) is 3.32. The van der Waals surface area contributed by atoms with Gasteiger partial charge in [0.25, 0.3) is 0 Å². The maximum absolute atomic E-state index is 11.0. The van der Waals surface area contributed by atoms with Crippen molar-refractivity contribution >= 4 is 5.97 Å². The quantitative estimate of drug-likeness (QED) is 0.245. The molecule has 3 nitrogen and oxygen atoms in total. The van der Waals surface area contributed by atoms with Crippen LogP contribution in [0.1, 0.15) is 77.6 Å². The summed E-state index contributed by atoms with van der Waals surface area (Å²) in [5.74, 6) is 7.60. The van der Waals surface area contributed by atoms with Crippen molar-refractivity contribution in [2.45, 2.75) is 83.7 Å². The summed E-state index contributed by atoms with van der Waals surface area (Å²) in [7, 11) is 1.43. The Morgan fingerprint density at radius 3 is 2.79 bits per heavy atom. The van der Waals surface area contributed by atoms with Crippen molar-refractivity contribution in [3.63, 3.8) is 0 Å². The highest BCUT2D eigenvalue weighted by atomic mass is 16.5. The van der Waals surface area contributed by atoms with Crippen LogP contribution in [0.25, 0.3) is 0 Å². The molecule has 3 atom stereocenters. The minimum atomic E-state index is -0.429. The number of allylic oxidation sites excluding steroid dienone is 2. The molecule has 1 fully saturated rings. The fourth-order valence-electron chi connectivity index (χ4n) is 2.89. The summed E-state index contributed by atoms with van der Waals surface area (Å²) in [5, 5.41) is 9.76. The normalized spacial score (nSPS) is 20.5. The van der Waals surface area contributed by atoms with E-state index in [1.807, 2.05) is 0 Å². The topological polar surface area (TPSA) is 46.5 Å². The Kier molecular flexibility index (Phi) is 11.3. The van der Waals surface area contributed by atoms with Crippen LogP contribution in [-0.2, 0) is 9.53 Å². The molecule has 0 saturated heterocycles. The molecule has 1 saturated carbocycles. The molecule has 1 aliphatic rings. The molecular weight excluding hydrogens is 300 g/mol. The summed E-state index contributed by atoms with van der Waals surface area (Å²) in [6, 6.07) is 0. The van der Waals surface area contributed by atoms with Crippen molar-refractivity contribution in [2.24, 2.45) is 11.8 Å². The molecule has 136 valence electrons. The molecule has 0 radical (unpaired) electrons. The van der Waals surface area contributed by atoms with Gasteiger partial charge in [-0.05, 0) is 56.8 Å². The number of unbranched alkanes of at least 4 members (excludes halogenated alkanes) is 3. The number of carbonyl (C=O) groups is 1. The molecule has 0 aromatic heterocycles. The number of hydrogen-bond acceptors (Lipinski definition) is 3. The Labute approximate surface area is 147 Å². The van der Waals surface area contributed by atoms with Crippen LogP contribution in [0.2, 0.25) is 0 Å². The minimum Gasteiger partial charge on any atom is -0.469 e. The molecule has 1 rings (SSSR count). The van der Waals surface area contributed by atoms with Crippen molar-refractivity contribution < 1.29 is 14.6 Å². The summed E-state index contributed by atoms with van der Waals surface area (Å²) in [4.78, 5) is 11.0. The van der Waals surface area contributed by atoms with Crippen LogP contribution < -0.4 is 0 Å². The predicted octanol–water partition coefficient (Wildman–Crippen LogP) is 4.64. The standard InChI is InChI=1S/C21H34O3/c1-3-4-8-14-20(22)15-11-13-19-17-18(19)12-9-6-5-7-10-16-21(23)24-2/h5-6,18-20,22H,3-4,7-10,12-14,16-17H2,1-2H3/b6-5-/t18-,19+,20+/m1/s1. The fourth-order valence-corrected chi connectivity index (χ4v) is 2.89. The molecular formula is C21H34O3. The first kappa shape index (κ1) is 20.8. The first-order valence-electron chi connectivity index (χ1n) is 9.55. The Balaban J connectivity index is 1.98. The highest BCUT2D eigenvalue weighted by Crippen LogP contribution is 2.44. The molecule has 1 N–H and O–H groups in total. The molecule has 0 aliphatic heterocycles. The maximum atomic E-state index is 11.0. The van der Waals surface area contributed by atoms with Gasteiger partial charge in [-0.1, -0.05) is 37.8 Å². The number of esters is 1. The third-order valence-electron chi connectivity index (χ3n) is 4.63. The number of aliphatic hydroxyl groups excluding tert-OH is 1. The number of methoxy groups -OCH3 is 1. The zero-order valence-corrected chi connectivity index (χ0v) is 15.4. The van der Waals surface area contributed by atoms with Gasteiger partial charge in [0.05, 0.1) is 7.11 Å². The van der Waals surface area contributed by atoms with E-state index in [0.29, 0.717) is 6.42 Å². The molecule has 1 aliphatic carbocycles. The molecule has 0 bridgehead atoms. The van der Waals surface area contributed by atoms with Crippen LogP contribution in [0.15, 0.2) is 12.2 Å². The molecule has 0 amide bonds. The lowest BCUT2D eigenvalue weighted by Crippen LogP contribution is -2.02. The van der Waals surface area contributed by atoms with Crippen molar-refractivity contribution in [1.29, 1.82) is 0 Å². The van der Waals surface area contributed by atoms with Gasteiger partial charge in [-0.15, -0.1) is 5.92 Å². The van der Waals surface area contributed by atoms with Crippen molar-refractivity contribution in [2.75, 3.05) is 7.11 Å². The lowest BCUT2D eigenvalue weighted by atomic mass is 10.1. The number of aliphatic hydroxyl groups is 1. The van der Waals surface area contributed by atoms with Gasteiger partial charge >= 0.3 is 5.97 Å². The van der Waals surface area contributed by atoms with Gasteiger partial charge in [-0.25, -0.2) is 0 Å². The van der Waals surface area contributed by atoms with E-state index in [9.17, 15) is 9.90 Å². The largest absolute Gasteiger partial charge is 0.469 e. The number of hydrogen-bond donors (Lipinski definition) is 1. The molecule has 0 spiro atoms. The fraction of sp³-hybridized carbons (Fsp3) is 0.762. The third-order valence-corrected chi connectivity index (χ3v) is 4.63. The second-order valence-corrected chi connectivity index (χ2v) is 6.81. The Hall–Kier alpha value is -1.27. The van der Waals surface area contributed by atoms with E-state index in [1.165, 1.54) is 32.8 Å². The number of rotatable bonds is 12. The SMILES string of the molecule is CCCCC[C@H](O)C#CC[C@H]1C[C@H]1CC/C=C\CCCC(=O)OC. The van der Waals surface area contributed by atoms with Crippen LogP contribution >= 0.6 is 0 Å². The lowest BCUT2D eigenvalue weighted by molar-refractivity contribution is -0.140. The predicted molar refractivity (Wildman–Crippen MR) is 98.4 cm³/mol. The summed E-state index contributed by atoms with van der Waals surface area (Å²) >= 11 is 0. The monoisotopic (exact) mass is 334 g/mol. The van der Waals surface area contributed by atoms with Crippen LogP contribution in [-0.4, -0.2) is 24.3 Å². The maximum Gasteiger partial charge on any atom is 0.305 e. The Bertz CT molecular complexity index is 430. The van der Waals surface area contributed by atoms with Crippen LogP contribution in [0, 0.1) is 23.7 Å². The van der Waals surface area contributed by atoms with Crippen molar-refractivity contribution in [3.8, 4) is 11.8 Å². The van der Waals surface area contributed by atoms with E-state index in [1.54, 1.807) is 0 Å². The molecule has 0 heterocycles. The van der Waals surface area contributed by atoms with Gasteiger partial charge in [0, 0.05) is 12.8 Å². The zero-order valence-electron chi connectivity index (χ0n) is 15.4. The summed E-state index contributed by atoms with van der Waals surface area (Å²) < 4.78 is 4.61. The van der Waals surface area contributed by atoms with Gasteiger partial charge in [-0.3, -0.25) is 4.79 Å². The molecule has 0 aromatic rings. The second-order valence-electron chi connectivity index (χ2n) is 6.81. The van der Waals surface area contributed by atoms with Gasteiger partial charge in [0.1, 0.15) is 6.10 Å². The second kappa shape index (κ2) is 13.1. The lowest BCUT2D eigenvalue weighted by Gasteiger charge is -2.01. The van der Waals surface area contributed by atoms with Crippen LogP contribution in [0.4, 0.5) is 0 Å². The van der Waals surface area contributed by atoms with E-state index in [-0.39, 0.29) is 5.97 Å². The smallest absolute Gasteiger partial charge is 0.305 e. The van der Waals surface area contributed by atoms with Gasteiger partial charge in [0.15, 0.2) is 0 Å². The molecule has 3 heteroatoms. The van der Waals surface area contributed by atoms with Crippen molar-refractivity contribution in [1.82, 2.24) is 0 Å². The summed E-state index contributed by atoms with van der Waals surface area (Å²) in [6.07, 6.45) is 15.1. The molecule has 0 unspecified atom stereocenters. The zero-order chi connectivity index (χ0) is 17.6. The molecule has 24 heavy (non-hydrogen) atoms. The van der Waals surface area contributed by atoms with Crippen LogP contribution in [0.3, 0.4) is 0 Å². The van der Waals surface area contributed by atoms with E-state index in [2.05, 4.69) is 35.7 Å². The highest BCUT2D eigenvalue weighted by Gasteiger charge is 2.34. The van der Waals surface area contributed by atoms with E-state index < -0.39 is 6.10 Å². The first-order valence-corrected chi connectivity index (χ1v) is 9.55. The number of ether oxygens (including phenoxy) is 1. The van der Waals surface area contributed by atoms with Crippen LogP contribution in [0.5, 0.6) is 0 Å². The van der Waals surface area contributed by atoms with Crippen molar-refractivity contribution in [3.05, 3.63) is 12.2 Å². The van der Waals surface area contributed by atoms with Gasteiger partial charge in [-0.2, -0.15) is 0 Å². The number of carbonyl (C=O) groups excluding carboxylic acids is 1. The summed E-state index contributed by atoms with van der Waals surface area (Å²) in [5.41, 5.74) is 0. The molecule has 0 aromatic carbocycles. The van der Waals surface area contributed by atoms with E-state index in [0.717, 1.165) is 50.4 Å². The Morgan fingerprint density at radius 2 is 2.04 bits per heavy atom. The van der Waals surface area contributed by atoms with E-state index >= 15 is 0 Å². The van der Waals surface area contributed by atoms with Gasteiger partial charge in [0.2, 0.25) is 0 Å². The Morgan fingerprint density at radius 1 is 1.25 bits per heavy atom. The minimum absolute atomic E-state index is 0.124.